The number of unbranched alkanes of at least 4 members (excludes halogenated alkanes) is 1. The van der Waals surface area contributed by atoms with E-state index < -0.39 is 5.60 Å². The molecule has 2 aliphatic heterocycles. The Bertz CT molecular complexity index is 935. The molecule has 37 heavy (non-hydrogen) atoms. The van der Waals surface area contributed by atoms with Gasteiger partial charge in [0.25, 0.3) is 0 Å². The molecular formula is C32H46O5. The Balaban J connectivity index is 1.16. The summed E-state index contributed by atoms with van der Waals surface area (Å²) in [5, 5.41) is 0. The second kappa shape index (κ2) is 8.83. The molecule has 0 spiro atoms. The molecule has 8 rings (SSSR count). The van der Waals surface area contributed by atoms with Crippen LogP contribution in [0, 0.1) is 58.7 Å². The van der Waals surface area contributed by atoms with E-state index in [0.29, 0.717) is 30.3 Å². The highest BCUT2D eigenvalue weighted by Crippen LogP contribution is 2.66. The van der Waals surface area contributed by atoms with Crippen molar-refractivity contribution in [1.29, 1.82) is 0 Å². The topological polar surface area (TPSA) is 61.8 Å². The van der Waals surface area contributed by atoms with E-state index in [4.69, 9.17) is 14.2 Å². The first kappa shape index (κ1) is 24.7. The molecule has 7 fully saturated rings. The molecule has 0 amide bonds. The van der Waals surface area contributed by atoms with Crippen LogP contribution in [0.25, 0.3) is 0 Å². The van der Waals surface area contributed by atoms with Gasteiger partial charge in [0.15, 0.2) is 0 Å². The van der Waals surface area contributed by atoms with Gasteiger partial charge in [0.1, 0.15) is 0 Å². The molecule has 5 saturated carbocycles. The molecule has 8 aliphatic rings. The van der Waals surface area contributed by atoms with Gasteiger partial charge in [-0.25, -0.2) is 4.79 Å². The predicted molar refractivity (Wildman–Crippen MR) is 139 cm³/mol. The third-order valence-corrected chi connectivity index (χ3v) is 12.3. The van der Waals surface area contributed by atoms with Crippen molar-refractivity contribution in [2.24, 2.45) is 58.7 Å². The number of hydrogen-bond donors (Lipinski definition) is 0. The Labute approximate surface area is 222 Å². The van der Waals surface area contributed by atoms with Crippen LogP contribution >= 0.6 is 0 Å². The minimum absolute atomic E-state index is 0.00385. The van der Waals surface area contributed by atoms with Crippen molar-refractivity contribution < 1.29 is 23.8 Å². The van der Waals surface area contributed by atoms with Gasteiger partial charge >= 0.3 is 11.9 Å². The lowest BCUT2D eigenvalue weighted by atomic mass is 9.44. The third kappa shape index (κ3) is 3.64. The fourth-order valence-electron chi connectivity index (χ4n) is 11.5. The van der Waals surface area contributed by atoms with Crippen LogP contribution in [0.3, 0.4) is 0 Å². The lowest BCUT2D eigenvalue weighted by molar-refractivity contribution is -0.209. The first-order valence-electron chi connectivity index (χ1n) is 15.6. The van der Waals surface area contributed by atoms with Gasteiger partial charge in [-0.1, -0.05) is 32.4 Å². The van der Waals surface area contributed by atoms with Crippen LogP contribution in [0.2, 0.25) is 0 Å². The van der Waals surface area contributed by atoms with E-state index in [9.17, 15) is 9.59 Å². The van der Waals surface area contributed by atoms with Crippen LogP contribution in [-0.2, 0) is 23.8 Å². The Morgan fingerprint density at radius 2 is 1.62 bits per heavy atom. The van der Waals surface area contributed by atoms with Gasteiger partial charge in [0.2, 0.25) is 5.60 Å². The average Bonchev–Trinajstić information content (AvgIpc) is 3.63. The minimum Gasteiger partial charge on any atom is -0.463 e. The summed E-state index contributed by atoms with van der Waals surface area (Å²) in [6.45, 7) is 6.60. The summed E-state index contributed by atoms with van der Waals surface area (Å²) in [5.41, 5.74) is -1.14. The maximum Gasteiger partial charge on any atom is 0.350 e. The highest BCUT2D eigenvalue weighted by Gasteiger charge is 2.66. The van der Waals surface area contributed by atoms with Gasteiger partial charge in [0, 0.05) is 5.92 Å². The molecule has 204 valence electrons. The van der Waals surface area contributed by atoms with E-state index >= 15 is 0 Å². The summed E-state index contributed by atoms with van der Waals surface area (Å²) in [4.78, 5) is 27.9. The quantitative estimate of drug-likeness (QED) is 0.213. The largest absolute Gasteiger partial charge is 0.463 e. The van der Waals surface area contributed by atoms with E-state index in [0.717, 1.165) is 43.4 Å². The molecular weight excluding hydrogens is 464 g/mol. The van der Waals surface area contributed by atoms with Crippen LogP contribution in [0.1, 0.15) is 91.4 Å². The first-order valence-corrected chi connectivity index (χ1v) is 15.6. The van der Waals surface area contributed by atoms with E-state index in [-0.39, 0.29) is 41.4 Å². The Morgan fingerprint density at radius 3 is 2.24 bits per heavy atom. The molecule has 9 unspecified atom stereocenters. The zero-order valence-corrected chi connectivity index (χ0v) is 23.0. The second-order valence-electron chi connectivity index (χ2n) is 14.3. The molecule has 0 N–H and O–H groups in total. The van der Waals surface area contributed by atoms with E-state index in [1.54, 1.807) is 0 Å². The van der Waals surface area contributed by atoms with Gasteiger partial charge < -0.3 is 14.2 Å². The second-order valence-corrected chi connectivity index (χ2v) is 14.3. The molecule has 0 aromatic carbocycles. The summed E-state index contributed by atoms with van der Waals surface area (Å²) in [7, 11) is 0. The maximum absolute atomic E-state index is 14.0. The SMILES string of the molecule is CCCCOC(=O)C(C)(OC(=O)C1CC2OC1C1C3C=CC(C3)C21)C(CC)C12CC3CC(CC(C3)C1)C2. The van der Waals surface area contributed by atoms with Crippen LogP contribution in [0.4, 0.5) is 0 Å². The molecule has 5 nitrogen and oxygen atoms in total. The number of hydrogen-bond acceptors (Lipinski definition) is 5. The smallest absolute Gasteiger partial charge is 0.350 e. The summed E-state index contributed by atoms with van der Waals surface area (Å²) in [6.07, 6.45) is 17.1. The first-order chi connectivity index (χ1) is 17.8. The standard InChI is InChI=1S/C32H46O5/c1-4-6-9-35-30(34)31(3,25(5-2)32-15-18-10-19(16-32)12-20(11-18)17-32)37-29(33)23-14-24-26-21-7-8-22(13-21)27(26)28(23)36-24/h7-8,18-28H,4-6,9-17H2,1-3H3. The van der Waals surface area contributed by atoms with Gasteiger partial charge in [-0.3, -0.25) is 4.79 Å². The summed E-state index contributed by atoms with van der Waals surface area (Å²) in [6, 6.07) is 0. The van der Waals surface area contributed by atoms with Crippen molar-refractivity contribution in [2.45, 2.75) is 109 Å². The van der Waals surface area contributed by atoms with Crippen LogP contribution < -0.4 is 0 Å². The lowest BCUT2D eigenvalue weighted by Crippen LogP contribution is -2.60. The Kier molecular flexibility index (Phi) is 5.88. The fourth-order valence-corrected chi connectivity index (χ4v) is 11.5. The predicted octanol–water partition coefficient (Wildman–Crippen LogP) is 6.10. The van der Waals surface area contributed by atoms with Crippen molar-refractivity contribution in [3.8, 4) is 0 Å². The molecule has 2 saturated heterocycles. The number of fused-ring (bicyclic) bond motifs is 9. The number of rotatable bonds is 9. The molecule has 9 atom stereocenters. The maximum atomic E-state index is 14.0. The highest BCUT2D eigenvalue weighted by molar-refractivity contribution is 5.85. The van der Waals surface area contributed by atoms with Gasteiger partial charge in [0.05, 0.1) is 24.7 Å². The van der Waals surface area contributed by atoms with Gasteiger partial charge in [-0.15, -0.1) is 0 Å². The molecule has 2 heterocycles. The number of carbonyl (C=O) groups excluding carboxylic acids is 2. The third-order valence-electron chi connectivity index (χ3n) is 12.3. The average molecular weight is 511 g/mol. The number of esters is 2. The molecule has 0 aromatic heterocycles. The zero-order chi connectivity index (χ0) is 25.5. The fraction of sp³-hybridized carbons (Fsp3) is 0.875. The molecule has 0 aromatic rings. The summed E-state index contributed by atoms with van der Waals surface area (Å²) in [5.74, 6) is 3.73. The highest BCUT2D eigenvalue weighted by atomic mass is 16.6. The van der Waals surface area contributed by atoms with Crippen LogP contribution in [0.15, 0.2) is 12.2 Å². The number of allylic oxidation sites excluding steroid dienone is 2. The Hall–Kier alpha value is -1.36. The monoisotopic (exact) mass is 510 g/mol. The van der Waals surface area contributed by atoms with Crippen molar-refractivity contribution in [1.82, 2.24) is 0 Å². The van der Waals surface area contributed by atoms with Crippen LogP contribution in [0.5, 0.6) is 0 Å². The molecule has 8 bridgehead atoms. The zero-order valence-electron chi connectivity index (χ0n) is 23.0. The minimum atomic E-state index is -1.24. The molecule has 5 heteroatoms. The van der Waals surface area contributed by atoms with E-state index in [2.05, 4.69) is 26.0 Å². The van der Waals surface area contributed by atoms with Crippen molar-refractivity contribution in [3.05, 3.63) is 12.2 Å². The van der Waals surface area contributed by atoms with E-state index in [1.807, 2.05) is 6.92 Å². The van der Waals surface area contributed by atoms with E-state index in [1.165, 1.54) is 44.9 Å². The number of ether oxygens (including phenoxy) is 3. The number of carbonyl (C=O) groups is 2. The molecule has 0 radical (unpaired) electrons. The van der Waals surface area contributed by atoms with Crippen molar-refractivity contribution in [2.75, 3.05) is 6.61 Å². The van der Waals surface area contributed by atoms with Gasteiger partial charge in [-0.05, 0) is 118 Å². The summed E-state index contributed by atoms with van der Waals surface area (Å²) >= 11 is 0. The lowest BCUT2D eigenvalue weighted by Gasteiger charge is -2.61. The molecule has 6 aliphatic carbocycles. The van der Waals surface area contributed by atoms with Crippen molar-refractivity contribution in [3.63, 3.8) is 0 Å². The van der Waals surface area contributed by atoms with Crippen LogP contribution in [-0.4, -0.2) is 36.4 Å². The van der Waals surface area contributed by atoms with Crippen molar-refractivity contribution >= 4 is 11.9 Å². The summed E-state index contributed by atoms with van der Waals surface area (Å²) < 4.78 is 18.8. The van der Waals surface area contributed by atoms with Gasteiger partial charge in [-0.2, -0.15) is 0 Å². The normalized spacial score (nSPS) is 48.2. The Morgan fingerprint density at radius 1 is 0.973 bits per heavy atom.